The fraction of sp³-hybridized carbons (Fsp3) is 0.320. The molecule has 2 aromatic carbocycles. The van der Waals surface area contributed by atoms with Gasteiger partial charge in [-0.2, -0.15) is 0 Å². The van der Waals surface area contributed by atoms with Crippen LogP contribution in [0.15, 0.2) is 62.9 Å². The van der Waals surface area contributed by atoms with Crippen LogP contribution in [-0.2, 0) is 22.9 Å². The Kier molecular flexibility index (Phi) is 5.49. The number of fused-ring (bicyclic) bond motifs is 1. The lowest BCUT2D eigenvalue weighted by Gasteiger charge is -2.23. The highest BCUT2D eigenvalue weighted by Crippen LogP contribution is 2.36. The number of aryl methyl sites for hydroxylation is 1. The van der Waals surface area contributed by atoms with Gasteiger partial charge in [-0.05, 0) is 56.5 Å². The van der Waals surface area contributed by atoms with Crippen LogP contribution in [-0.4, -0.2) is 36.7 Å². The van der Waals surface area contributed by atoms with Gasteiger partial charge in [-0.15, -0.1) is 0 Å². The molecule has 176 valence electrons. The summed E-state index contributed by atoms with van der Waals surface area (Å²) in [6, 6.07) is 11.6. The number of ketones is 1. The molecular formula is C25H24FN3O4S. The van der Waals surface area contributed by atoms with Crippen LogP contribution in [0.25, 0.3) is 0 Å². The minimum atomic E-state index is -3.78. The number of aliphatic imine (C=N–C) groups is 1. The number of benzene rings is 2. The third-order valence-electron chi connectivity index (χ3n) is 6.23. The SMILES string of the molecule is Cc1cc(CC2N=C(Cc3ccc(F)cc3)c3ccc(S(=O)(=O)NC4(C)CC4)cc3C2=O)on1. The van der Waals surface area contributed by atoms with Crippen LogP contribution in [0.1, 0.15) is 52.7 Å². The van der Waals surface area contributed by atoms with Crippen LogP contribution in [0, 0.1) is 12.7 Å². The Morgan fingerprint density at radius 1 is 1.12 bits per heavy atom. The van der Waals surface area contributed by atoms with E-state index in [-0.39, 0.29) is 22.9 Å². The summed E-state index contributed by atoms with van der Waals surface area (Å²) in [5, 5.41) is 3.87. The normalized spacial score (nSPS) is 19.0. The molecule has 1 unspecified atom stereocenters. The number of hydrogen-bond acceptors (Lipinski definition) is 6. The van der Waals surface area contributed by atoms with Gasteiger partial charge in [-0.25, -0.2) is 17.5 Å². The summed E-state index contributed by atoms with van der Waals surface area (Å²) in [7, 11) is -3.78. The molecular weight excluding hydrogens is 457 g/mol. The molecule has 0 radical (unpaired) electrons. The first-order chi connectivity index (χ1) is 16.1. The molecule has 1 aliphatic heterocycles. The van der Waals surface area contributed by atoms with Crippen LogP contribution in [0.4, 0.5) is 4.39 Å². The molecule has 5 rings (SSSR count). The molecule has 0 bridgehead atoms. The largest absolute Gasteiger partial charge is 0.361 e. The summed E-state index contributed by atoms with van der Waals surface area (Å²) in [5.41, 5.74) is 2.61. The maximum Gasteiger partial charge on any atom is 0.241 e. The average molecular weight is 482 g/mol. The molecule has 1 fully saturated rings. The van der Waals surface area contributed by atoms with Gasteiger partial charge in [0.15, 0.2) is 5.78 Å². The fourth-order valence-electron chi connectivity index (χ4n) is 4.09. The van der Waals surface area contributed by atoms with E-state index >= 15 is 0 Å². The summed E-state index contributed by atoms with van der Waals surface area (Å²) in [4.78, 5) is 18.2. The zero-order valence-corrected chi connectivity index (χ0v) is 19.7. The third-order valence-corrected chi connectivity index (χ3v) is 7.86. The van der Waals surface area contributed by atoms with E-state index in [2.05, 4.69) is 9.88 Å². The maximum absolute atomic E-state index is 13.4. The summed E-state index contributed by atoms with van der Waals surface area (Å²) in [5.74, 6) is -0.0898. The summed E-state index contributed by atoms with van der Waals surface area (Å²) >= 11 is 0. The maximum atomic E-state index is 13.4. The summed E-state index contributed by atoms with van der Waals surface area (Å²) in [6.07, 6.45) is 2.14. The monoisotopic (exact) mass is 481 g/mol. The lowest BCUT2D eigenvalue weighted by molar-refractivity contribution is 0.0955. The topological polar surface area (TPSA) is 102 Å². The molecule has 7 nitrogen and oxygen atoms in total. The van der Waals surface area contributed by atoms with E-state index in [0.29, 0.717) is 34.7 Å². The lowest BCUT2D eigenvalue weighted by Crippen LogP contribution is -2.35. The average Bonchev–Trinajstić information content (AvgIpc) is 3.36. The molecule has 1 N–H and O–H groups in total. The molecule has 0 amide bonds. The van der Waals surface area contributed by atoms with Gasteiger partial charge in [-0.3, -0.25) is 9.79 Å². The second-order valence-corrected chi connectivity index (χ2v) is 11.0. The number of Topliss-reactive ketones (excluding diaryl/α,β-unsaturated/α-hetero) is 1. The van der Waals surface area contributed by atoms with Gasteiger partial charge < -0.3 is 4.52 Å². The second kappa shape index (κ2) is 8.25. The lowest BCUT2D eigenvalue weighted by atomic mass is 9.88. The second-order valence-electron chi connectivity index (χ2n) is 9.27. The van der Waals surface area contributed by atoms with Gasteiger partial charge in [-0.1, -0.05) is 23.4 Å². The first-order valence-corrected chi connectivity index (χ1v) is 12.6. The summed E-state index contributed by atoms with van der Waals surface area (Å²) < 4.78 is 47.3. The number of nitrogens with zero attached hydrogens (tertiary/aromatic N) is 2. The van der Waals surface area contributed by atoms with Crippen molar-refractivity contribution in [3.8, 4) is 0 Å². The number of aromatic nitrogens is 1. The molecule has 2 heterocycles. The number of carbonyl (C=O) groups excluding carboxylic acids is 1. The van der Waals surface area contributed by atoms with E-state index in [4.69, 9.17) is 9.52 Å². The molecule has 2 aliphatic rings. The Morgan fingerprint density at radius 3 is 2.50 bits per heavy atom. The van der Waals surface area contributed by atoms with Crippen molar-refractivity contribution in [2.75, 3.05) is 0 Å². The van der Waals surface area contributed by atoms with Crippen molar-refractivity contribution in [2.24, 2.45) is 4.99 Å². The van der Waals surface area contributed by atoms with Crippen molar-refractivity contribution < 1.29 is 22.1 Å². The Balaban J connectivity index is 1.53. The van der Waals surface area contributed by atoms with Crippen molar-refractivity contribution in [1.29, 1.82) is 0 Å². The zero-order valence-electron chi connectivity index (χ0n) is 18.8. The fourth-order valence-corrected chi connectivity index (χ4v) is 5.58. The van der Waals surface area contributed by atoms with E-state index in [1.807, 2.05) is 6.92 Å². The van der Waals surface area contributed by atoms with Crippen molar-refractivity contribution in [3.63, 3.8) is 0 Å². The molecule has 1 aromatic heterocycles. The van der Waals surface area contributed by atoms with Gasteiger partial charge in [0, 0.05) is 41.3 Å². The quantitative estimate of drug-likeness (QED) is 0.553. The highest BCUT2D eigenvalue weighted by Gasteiger charge is 2.41. The van der Waals surface area contributed by atoms with Crippen molar-refractivity contribution in [3.05, 3.63) is 82.5 Å². The number of hydrogen-bond donors (Lipinski definition) is 1. The first kappa shape index (κ1) is 22.6. The van der Waals surface area contributed by atoms with Gasteiger partial charge >= 0.3 is 0 Å². The molecule has 1 aliphatic carbocycles. The molecule has 1 atom stereocenters. The van der Waals surface area contributed by atoms with Crippen LogP contribution in [0.3, 0.4) is 0 Å². The van der Waals surface area contributed by atoms with E-state index < -0.39 is 21.6 Å². The first-order valence-electron chi connectivity index (χ1n) is 11.1. The van der Waals surface area contributed by atoms with E-state index in [1.54, 1.807) is 31.2 Å². The molecule has 0 spiro atoms. The number of carbonyl (C=O) groups is 1. The number of halogens is 1. The Morgan fingerprint density at radius 2 is 1.85 bits per heavy atom. The van der Waals surface area contributed by atoms with Crippen molar-refractivity contribution in [2.45, 2.75) is 56.0 Å². The highest BCUT2D eigenvalue weighted by atomic mass is 32.2. The number of rotatable bonds is 7. The van der Waals surface area contributed by atoms with Crippen LogP contribution in [0.5, 0.6) is 0 Å². The van der Waals surface area contributed by atoms with Gasteiger partial charge in [0.2, 0.25) is 10.0 Å². The van der Waals surface area contributed by atoms with Gasteiger partial charge in [0.05, 0.1) is 10.6 Å². The minimum Gasteiger partial charge on any atom is -0.361 e. The Labute approximate surface area is 197 Å². The van der Waals surface area contributed by atoms with Gasteiger partial charge in [0.25, 0.3) is 0 Å². The molecule has 0 saturated heterocycles. The van der Waals surface area contributed by atoms with Crippen LogP contribution in [0.2, 0.25) is 0 Å². The molecule has 9 heteroatoms. The van der Waals surface area contributed by atoms with E-state index in [9.17, 15) is 17.6 Å². The molecule has 34 heavy (non-hydrogen) atoms. The molecule has 3 aromatic rings. The molecule has 1 saturated carbocycles. The van der Waals surface area contributed by atoms with Crippen LogP contribution >= 0.6 is 0 Å². The summed E-state index contributed by atoms with van der Waals surface area (Å²) in [6.45, 7) is 3.65. The van der Waals surface area contributed by atoms with Gasteiger partial charge in [0.1, 0.15) is 17.6 Å². The van der Waals surface area contributed by atoms with E-state index in [1.165, 1.54) is 24.3 Å². The Bertz CT molecular complexity index is 1410. The predicted molar refractivity (Wildman–Crippen MR) is 124 cm³/mol. The minimum absolute atomic E-state index is 0.0463. The standard InChI is InChI=1S/C25H24FN3O4S/c1-15-11-18(33-28-15)13-23-24(30)21-14-19(34(31,32)29-25(2)9-10-25)7-8-20(21)22(27-23)12-16-3-5-17(26)6-4-16/h3-8,11,14,23,29H,9-10,12-13H2,1-2H3. The Hall–Kier alpha value is -3.17. The van der Waals surface area contributed by atoms with Crippen molar-refractivity contribution in [1.82, 2.24) is 9.88 Å². The smallest absolute Gasteiger partial charge is 0.241 e. The van der Waals surface area contributed by atoms with E-state index in [0.717, 1.165) is 18.4 Å². The number of nitrogens with one attached hydrogen (secondary N) is 1. The van der Waals surface area contributed by atoms with Crippen molar-refractivity contribution >= 4 is 21.5 Å². The number of sulfonamides is 1. The highest BCUT2D eigenvalue weighted by molar-refractivity contribution is 7.89. The third kappa shape index (κ3) is 4.58. The predicted octanol–water partition coefficient (Wildman–Crippen LogP) is 3.79. The zero-order chi connectivity index (χ0) is 24.1. The van der Waals surface area contributed by atoms with Crippen LogP contribution < -0.4 is 4.72 Å².